The van der Waals surface area contributed by atoms with Gasteiger partial charge in [0.1, 0.15) is 17.2 Å². The van der Waals surface area contributed by atoms with E-state index in [0.29, 0.717) is 28.6 Å². The molecular formula is C27H23N5O3. The molecule has 1 aliphatic rings. The molecular weight excluding hydrogens is 442 g/mol. The maximum absolute atomic E-state index is 13.3. The molecule has 1 aromatic heterocycles. The zero-order chi connectivity index (χ0) is 24.4. The molecule has 8 heteroatoms. The van der Waals surface area contributed by atoms with Gasteiger partial charge in [-0.1, -0.05) is 48.5 Å². The summed E-state index contributed by atoms with van der Waals surface area (Å²) in [7, 11) is 1.71. The molecule has 0 spiro atoms. The Kier molecular flexibility index (Phi) is 5.85. The summed E-state index contributed by atoms with van der Waals surface area (Å²) in [5.41, 5.74) is 6.72. The van der Waals surface area contributed by atoms with E-state index in [9.17, 15) is 9.59 Å². The van der Waals surface area contributed by atoms with Gasteiger partial charge in [-0.25, -0.2) is 5.43 Å². The van der Waals surface area contributed by atoms with E-state index in [0.717, 1.165) is 16.7 Å². The molecule has 35 heavy (non-hydrogen) atoms. The summed E-state index contributed by atoms with van der Waals surface area (Å²) in [5.74, 6) is 0.250. The maximum Gasteiger partial charge on any atom is 0.273 e. The first-order valence-electron chi connectivity index (χ1n) is 11.1. The van der Waals surface area contributed by atoms with E-state index in [1.165, 1.54) is 4.68 Å². The summed E-state index contributed by atoms with van der Waals surface area (Å²) in [6.45, 7) is 1.80. The number of fused-ring (bicyclic) bond motifs is 2. The number of ether oxygens (including phenoxy) is 1. The Balaban J connectivity index is 1.35. The molecule has 0 atom stereocenters. The van der Waals surface area contributed by atoms with E-state index in [2.05, 4.69) is 20.9 Å². The molecule has 0 saturated heterocycles. The second kappa shape index (κ2) is 9.26. The molecule has 0 aliphatic carbocycles. The summed E-state index contributed by atoms with van der Waals surface area (Å²) < 4.78 is 7.48. The van der Waals surface area contributed by atoms with Crippen molar-refractivity contribution in [2.75, 3.05) is 5.32 Å². The lowest BCUT2D eigenvalue weighted by Gasteiger charge is -2.26. The molecule has 2 N–H and O–H groups in total. The Labute approximate surface area is 202 Å². The second-order valence-corrected chi connectivity index (χ2v) is 8.16. The largest absolute Gasteiger partial charge is 0.457 e. The summed E-state index contributed by atoms with van der Waals surface area (Å²) in [6, 6.07) is 23.9. The van der Waals surface area contributed by atoms with Crippen LogP contribution in [-0.4, -0.2) is 27.3 Å². The van der Waals surface area contributed by atoms with Gasteiger partial charge < -0.3 is 10.1 Å². The molecule has 2 heterocycles. The highest BCUT2D eigenvalue weighted by Gasteiger charge is 2.32. The lowest BCUT2D eigenvalue weighted by atomic mass is 9.87. The van der Waals surface area contributed by atoms with Crippen LogP contribution in [0.5, 0.6) is 11.5 Å². The molecule has 3 aromatic carbocycles. The number of nitrogens with zero attached hydrogens (tertiary/aromatic N) is 3. The lowest BCUT2D eigenvalue weighted by Crippen LogP contribution is -2.29. The Hall–Kier alpha value is -4.72. The number of hydrazone groups is 1. The average molecular weight is 466 g/mol. The first-order valence-corrected chi connectivity index (χ1v) is 11.1. The van der Waals surface area contributed by atoms with E-state index in [-0.39, 0.29) is 11.8 Å². The molecule has 0 radical (unpaired) electrons. The van der Waals surface area contributed by atoms with Crippen LogP contribution in [0.2, 0.25) is 0 Å². The van der Waals surface area contributed by atoms with Crippen LogP contribution in [0.4, 0.5) is 5.69 Å². The fraction of sp³-hybridized carbons (Fsp3) is 0.111. The molecule has 174 valence electrons. The molecule has 0 fully saturated rings. The number of aromatic nitrogens is 2. The minimum atomic E-state index is -0.544. The summed E-state index contributed by atoms with van der Waals surface area (Å²) in [4.78, 5) is 25.8. The van der Waals surface area contributed by atoms with Gasteiger partial charge in [0, 0.05) is 30.1 Å². The highest BCUT2D eigenvalue weighted by Crippen LogP contribution is 2.43. The molecule has 5 rings (SSSR count). The third-order valence-electron chi connectivity index (χ3n) is 5.87. The number of amides is 2. The molecule has 2 amide bonds. The molecule has 1 aliphatic heterocycles. The quantitative estimate of drug-likeness (QED) is 0.336. The van der Waals surface area contributed by atoms with E-state index < -0.39 is 5.92 Å². The summed E-state index contributed by atoms with van der Waals surface area (Å²) in [6.07, 6.45) is 1.57. The van der Waals surface area contributed by atoms with Crippen molar-refractivity contribution >= 4 is 23.2 Å². The normalized spacial score (nSPS) is 12.8. The van der Waals surface area contributed by atoms with Gasteiger partial charge in [0.25, 0.3) is 11.8 Å². The molecule has 0 saturated carbocycles. The van der Waals surface area contributed by atoms with E-state index in [1.807, 2.05) is 60.7 Å². The number of carbonyl (C=O) groups is 2. The molecule has 8 nitrogen and oxygen atoms in total. The van der Waals surface area contributed by atoms with Crippen LogP contribution in [0.3, 0.4) is 0 Å². The highest BCUT2D eigenvalue weighted by molar-refractivity contribution is 6.05. The monoisotopic (exact) mass is 465 g/mol. The SMILES string of the molecule is C/C(=N\NC(=O)C1c2ccccc2Oc2ccccc21)c1cccc(NC(=O)c2ccnn2C)c1. The number of benzene rings is 3. The molecule has 4 aromatic rings. The minimum absolute atomic E-state index is 0.256. The van der Waals surface area contributed by atoms with Crippen molar-refractivity contribution in [1.29, 1.82) is 0 Å². The Morgan fingerprint density at radius 3 is 2.29 bits per heavy atom. The number of hydrogen-bond acceptors (Lipinski definition) is 5. The average Bonchev–Trinajstić information content (AvgIpc) is 3.31. The van der Waals surface area contributed by atoms with Gasteiger partial charge in [0.15, 0.2) is 0 Å². The van der Waals surface area contributed by atoms with Gasteiger partial charge in [0.2, 0.25) is 0 Å². The van der Waals surface area contributed by atoms with Gasteiger partial charge in [0.05, 0.1) is 11.6 Å². The van der Waals surface area contributed by atoms with Crippen molar-refractivity contribution < 1.29 is 14.3 Å². The van der Waals surface area contributed by atoms with Crippen LogP contribution in [0.1, 0.15) is 40.0 Å². The van der Waals surface area contributed by atoms with Crippen LogP contribution in [0, 0.1) is 0 Å². The van der Waals surface area contributed by atoms with Crippen LogP contribution in [-0.2, 0) is 11.8 Å². The van der Waals surface area contributed by atoms with Gasteiger partial charge in [-0.15, -0.1) is 0 Å². The van der Waals surface area contributed by atoms with Gasteiger partial charge >= 0.3 is 0 Å². The zero-order valence-corrected chi connectivity index (χ0v) is 19.2. The van der Waals surface area contributed by atoms with Crippen LogP contribution in [0.15, 0.2) is 90.2 Å². The highest BCUT2D eigenvalue weighted by atomic mass is 16.5. The number of rotatable bonds is 5. The first-order chi connectivity index (χ1) is 17.0. The van der Waals surface area contributed by atoms with Crippen molar-refractivity contribution in [2.45, 2.75) is 12.8 Å². The van der Waals surface area contributed by atoms with Crippen LogP contribution < -0.4 is 15.5 Å². The summed E-state index contributed by atoms with van der Waals surface area (Å²) >= 11 is 0. The number of para-hydroxylation sites is 2. The second-order valence-electron chi connectivity index (χ2n) is 8.16. The Morgan fingerprint density at radius 2 is 1.63 bits per heavy atom. The number of nitrogens with one attached hydrogen (secondary N) is 2. The van der Waals surface area contributed by atoms with E-state index in [4.69, 9.17) is 4.74 Å². The Bertz CT molecular complexity index is 1410. The Morgan fingerprint density at radius 1 is 0.943 bits per heavy atom. The number of aryl methyl sites for hydroxylation is 1. The van der Waals surface area contributed by atoms with Gasteiger partial charge in [-0.2, -0.15) is 10.2 Å². The van der Waals surface area contributed by atoms with E-state index >= 15 is 0 Å². The number of hydrogen-bond donors (Lipinski definition) is 2. The van der Waals surface area contributed by atoms with Gasteiger partial charge in [-0.3, -0.25) is 14.3 Å². The smallest absolute Gasteiger partial charge is 0.273 e. The van der Waals surface area contributed by atoms with Crippen molar-refractivity contribution in [3.05, 3.63) is 107 Å². The van der Waals surface area contributed by atoms with Crippen molar-refractivity contribution in [3.8, 4) is 11.5 Å². The zero-order valence-electron chi connectivity index (χ0n) is 19.2. The fourth-order valence-electron chi connectivity index (χ4n) is 4.07. The third kappa shape index (κ3) is 4.41. The predicted molar refractivity (Wildman–Crippen MR) is 133 cm³/mol. The maximum atomic E-state index is 13.3. The molecule has 0 unspecified atom stereocenters. The van der Waals surface area contributed by atoms with Crippen LogP contribution >= 0.6 is 0 Å². The third-order valence-corrected chi connectivity index (χ3v) is 5.87. The number of anilines is 1. The van der Waals surface area contributed by atoms with E-state index in [1.54, 1.807) is 38.4 Å². The van der Waals surface area contributed by atoms with Crippen molar-refractivity contribution in [1.82, 2.24) is 15.2 Å². The number of carbonyl (C=O) groups excluding carboxylic acids is 2. The summed E-state index contributed by atoms with van der Waals surface area (Å²) in [5, 5.41) is 11.2. The van der Waals surface area contributed by atoms with Crippen molar-refractivity contribution in [3.63, 3.8) is 0 Å². The standard InChI is InChI=1S/C27H23N5O3/c1-17(18-8-7-9-19(16-18)29-26(33)22-14-15-28-32(22)2)30-31-27(34)25-20-10-3-5-12-23(20)35-24-13-6-4-11-21(24)25/h3-16,25H,1-2H3,(H,29,33)(H,31,34)/b30-17+. The molecule has 0 bridgehead atoms. The van der Waals surface area contributed by atoms with Crippen molar-refractivity contribution in [2.24, 2.45) is 12.1 Å². The minimum Gasteiger partial charge on any atom is -0.457 e. The topological polar surface area (TPSA) is 97.6 Å². The fourth-order valence-corrected chi connectivity index (χ4v) is 4.07. The lowest BCUT2D eigenvalue weighted by molar-refractivity contribution is -0.121. The van der Waals surface area contributed by atoms with Gasteiger partial charge in [-0.05, 0) is 42.8 Å². The first kappa shape index (κ1) is 22.1. The predicted octanol–water partition coefficient (Wildman–Crippen LogP) is 4.45. The van der Waals surface area contributed by atoms with Crippen LogP contribution in [0.25, 0.3) is 0 Å².